The molecule has 5 nitrogen and oxygen atoms in total. The molecule has 0 saturated carbocycles. The number of carbonyl (C=O) groups is 1. The molecule has 1 fully saturated rings. The second kappa shape index (κ2) is 8.42. The van der Waals surface area contributed by atoms with Crippen LogP contribution in [-0.4, -0.2) is 61.0 Å². The van der Waals surface area contributed by atoms with Gasteiger partial charge < -0.3 is 15.5 Å². The van der Waals surface area contributed by atoms with E-state index >= 15 is 0 Å². The smallest absolute Gasteiger partial charge is 0.251 e. The van der Waals surface area contributed by atoms with Crippen LogP contribution in [0, 0.1) is 0 Å². The Bertz CT molecular complexity index is 600. The molecule has 0 radical (unpaired) electrons. The van der Waals surface area contributed by atoms with Gasteiger partial charge in [0, 0.05) is 49.8 Å². The molecule has 1 aromatic rings. The fourth-order valence-corrected chi connectivity index (χ4v) is 3.97. The maximum absolute atomic E-state index is 11.7. The molecule has 1 aliphatic heterocycles. The molecule has 0 aliphatic carbocycles. The van der Waals surface area contributed by atoms with Gasteiger partial charge in [0.25, 0.3) is 5.91 Å². The monoisotopic (exact) mass is 348 g/mol. The fourth-order valence-electron chi connectivity index (χ4n) is 2.86. The number of amides is 1. The molecule has 1 aromatic carbocycles. The lowest BCUT2D eigenvalue weighted by atomic mass is 10.1. The molecule has 1 amide bonds. The summed E-state index contributed by atoms with van der Waals surface area (Å²) in [6, 6.07) is 7.77. The van der Waals surface area contributed by atoms with Gasteiger partial charge in [0.2, 0.25) is 0 Å². The summed E-state index contributed by atoms with van der Waals surface area (Å²) < 4.78 is 0.262. The first-order valence-corrected chi connectivity index (χ1v) is 9.34. The average molecular weight is 349 g/mol. The van der Waals surface area contributed by atoms with Gasteiger partial charge in [-0.1, -0.05) is 12.1 Å². The third-order valence-corrected chi connectivity index (χ3v) is 5.35. The Hall–Kier alpha value is -1.69. The number of thioether (sulfide) groups is 1. The van der Waals surface area contributed by atoms with Gasteiger partial charge in [0.15, 0.2) is 5.96 Å². The molecule has 132 valence electrons. The largest absolute Gasteiger partial charge is 0.356 e. The number of aliphatic imine (C=N–C) groups is 1. The SMILES string of the molecule is CN=C(NCCc1cccc(C(=O)NC)c1)N1CCSC(C)(C)C1. The Kier molecular flexibility index (Phi) is 6.54. The number of carbonyl (C=O) groups excluding carboxylic acids is 1. The summed E-state index contributed by atoms with van der Waals surface area (Å²) in [5, 5.41) is 6.11. The Morgan fingerprint density at radius 3 is 2.88 bits per heavy atom. The van der Waals surface area contributed by atoms with Crippen molar-refractivity contribution < 1.29 is 4.79 Å². The molecule has 6 heteroatoms. The molecule has 1 heterocycles. The summed E-state index contributed by atoms with van der Waals surface area (Å²) in [4.78, 5) is 18.5. The zero-order valence-corrected chi connectivity index (χ0v) is 15.9. The summed E-state index contributed by atoms with van der Waals surface area (Å²) in [5.41, 5.74) is 1.85. The van der Waals surface area contributed by atoms with Gasteiger partial charge in [0.1, 0.15) is 0 Å². The van der Waals surface area contributed by atoms with E-state index in [1.165, 1.54) is 0 Å². The fraction of sp³-hybridized carbons (Fsp3) is 0.556. The van der Waals surface area contributed by atoms with Crippen LogP contribution in [0.3, 0.4) is 0 Å². The van der Waals surface area contributed by atoms with Crippen LogP contribution in [-0.2, 0) is 6.42 Å². The third kappa shape index (κ3) is 5.16. The van der Waals surface area contributed by atoms with Gasteiger partial charge in [-0.3, -0.25) is 9.79 Å². The van der Waals surface area contributed by atoms with Gasteiger partial charge in [-0.2, -0.15) is 11.8 Å². The zero-order valence-electron chi connectivity index (χ0n) is 15.1. The Morgan fingerprint density at radius 2 is 2.21 bits per heavy atom. The number of nitrogens with zero attached hydrogens (tertiary/aromatic N) is 2. The maximum Gasteiger partial charge on any atom is 0.251 e. The number of hydrogen-bond donors (Lipinski definition) is 2. The van der Waals surface area contributed by atoms with Crippen LogP contribution in [0.5, 0.6) is 0 Å². The predicted octanol–water partition coefficient (Wildman–Crippen LogP) is 1.99. The molecule has 2 N–H and O–H groups in total. The van der Waals surface area contributed by atoms with E-state index in [1.54, 1.807) is 7.05 Å². The van der Waals surface area contributed by atoms with E-state index in [2.05, 4.69) is 40.4 Å². The molecule has 2 rings (SSSR count). The van der Waals surface area contributed by atoms with E-state index in [0.29, 0.717) is 5.56 Å². The van der Waals surface area contributed by atoms with Crippen molar-refractivity contribution in [3.8, 4) is 0 Å². The van der Waals surface area contributed by atoms with Gasteiger partial charge in [-0.25, -0.2) is 0 Å². The average Bonchev–Trinajstić information content (AvgIpc) is 2.57. The van der Waals surface area contributed by atoms with Crippen molar-refractivity contribution in [2.45, 2.75) is 25.0 Å². The van der Waals surface area contributed by atoms with Gasteiger partial charge in [-0.15, -0.1) is 0 Å². The number of nitrogens with one attached hydrogen (secondary N) is 2. The van der Waals surface area contributed by atoms with E-state index in [9.17, 15) is 4.79 Å². The topological polar surface area (TPSA) is 56.7 Å². The minimum absolute atomic E-state index is 0.0475. The highest BCUT2D eigenvalue weighted by Gasteiger charge is 2.28. The summed E-state index contributed by atoms with van der Waals surface area (Å²) >= 11 is 2.02. The van der Waals surface area contributed by atoms with Crippen molar-refractivity contribution in [3.63, 3.8) is 0 Å². The minimum atomic E-state index is -0.0475. The molecule has 24 heavy (non-hydrogen) atoms. The summed E-state index contributed by atoms with van der Waals surface area (Å²) in [5.74, 6) is 2.04. The molecular formula is C18H28N4OS. The minimum Gasteiger partial charge on any atom is -0.356 e. The molecule has 0 spiro atoms. The molecule has 0 bridgehead atoms. The van der Waals surface area contributed by atoms with E-state index in [1.807, 2.05) is 37.0 Å². The number of hydrogen-bond acceptors (Lipinski definition) is 3. The van der Waals surface area contributed by atoms with Crippen LogP contribution in [0.15, 0.2) is 29.3 Å². The first kappa shape index (κ1) is 18.6. The lowest BCUT2D eigenvalue weighted by molar-refractivity contribution is 0.0963. The third-order valence-electron chi connectivity index (χ3n) is 4.05. The van der Waals surface area contributed by atoms with E-state index in [0.717, 1.165) is 43.3 Å². The summed E-state index contributed by atoms with van der Waals surface area (Å²) in [6.07, 6.45) is 0.857. The molecule has 1 saturated heterocycles. The van der Waals surface area contributed by atoms with Crippen LogP contribution in [0.4, 0.5) is 0 Å². The van der Waals surface area contributed by atoms with Crippen LogP contribution in [0.25, 0.3) is 0 Å². The normalized spacial score (nSPS) is 17.5. The van der Waals surface area contributed by atoms with Crippen molar-refractivity contribution in [3.05, 3.63) is 35.4 Å². The number of benzene rings is 1. The van der Waals surface area contributed by atoms with Crippen LogP contribution in [0.2, 0.25) is 0 Å². The van der Waals surface area contributed by atoms with E-state index < -0.39 is 0 Å². The Labute approximate surface area is 149 Å². The second-order valence-electron chi connectivity index (χ2n) is 6.53. The quantitative estimate of drug-likeness (QED) is 0.645. The van der Waals surface area contributed by atoms with Crippen molar-refractivity contribution in [2.24, 2.45) is 4.99 Å². The standard InChI is InChI=1S/C18H28N4OS/c1-18(2)13-22(10-11-24-18)17(20-4)21-9-8-14-6-5-7-15(12-14)16(23)19-3/h5-7,12H,8-11,13H2,1-4H3,(H,19,23)(H,20,21). The molecule has 0 unspecified atom stereocenters. The highest BCUT2D eigenvalue weighted by molar-refractivity contribution is 8.00. The lowest BCUT2D eigenvalue weighted by Gasteiger charge is -2.39. The van der Waals surface area contributed by atoms with Crippen molar-refractivity contribution >= 4 is 23.6 Å². The predicted molar refractivity (Wildman–Crippen MR) is 103 cm³/mol. The summed E-state index contributed by atoms with van der Waals surface area (Å²) in [6.45, 7) is 7.39. The van der Waals surface area contributed by atoms with Crippen molar-refractivity contribution in [2.75, 3.05) is 39.5 Å². The van der Waals surface area contributed by atoms with Gasteiger partial charge in [-0.05, 0) is 38.0 Å². The second-order valence-corrected chi connectivity index (χ2v) is 8.34. The maximum atomic E-state index is 11.7. The van der Waals surface area contributed by atoms with Crippen LogP contribution in [0.1, 0.15) is 29.8 Å². The van der Waals surface area contributed by atoms with Gasteiger partial charge in [0.05, 0.1) is 0 Å². The Morgan fingerprint density at radius 1 is 1.42 bits per heavy atom. The van der Waals surface area contributed by atoms with Crippen molar-refractivity contribution in [1.29, 1.82) is 0 Å². The van der Waals surface area contributed by atoms with Crippen molar-refractivity contribution in [1.82, 2.24) is 15.5 Å². The highest BCUT2D eigenvalue weighted by atomic mass is 32.2. The van der Waals surface area contributed by atoms with Crippen LogP contribution < -0.4 is 10.6 Å². The molecule has 0 atom stereocenters. The summed E-state index contributed by atoms with van der Waals surface area (Å²) in [7, 11) is 3.49. The molecule has 1 aliphatic rings. The first-order chi connectivity index (χ1) is 11.4. The highest BCUT2D eigenvalue weighted by Crippen LogP contribution is 2.29. The molecular weight excluding hydrogens is 320 g/mol. The van der Waals surface area contributed by atoms with E-state index in [-0.39, 0.29) is 10.7 Å². The van der Waals surface area contributed by atoms with Crippen LogP contribution >= 0.6 is 11.8 Å². The first-order valence-electron chi connectivity index (χ1n) is 8.36. The van der Waals surface area contributed by atoms with E-state index in [4.69, 9.17) is 0 Å². The Balaban J connectivity index is 1.89. The molecule has 0 aromatic heterocycles. The lowest BCUT2D eigenvalue weighted by Crippen LogP contribution is -2.51. The number of guanidine groups is 1. The van der Waals surface area contributed by atoms with Gasteiger partial charge >= 0.3 is 0 Å². The zero-order chi connectivity index (χ0) is 17.6. The number of rotatable bonds is 4.